The molecule has 2 aliphatic rings. The van der Waals surface area contributed by atoms with Gasteiger partial charge in [-0.05, 0) is 55.1 Å². The molecule has 1 spiro atoms. The molecule has 124 valence electrons. The van der Waals surface area contributed by atoms with Crippen LogP contribution in [0.2, 0.25) is 0 Å². The number of hydrogen-bond acceptors (Lipinski definition) is 2. The normalized spacial score (nSPS) is 19.3. The maximum atomic E-state index is 12.7. The number of rotatable bonds is 3. The van der Waals surface area contributed by atoms with Gasteiger partial charge in [0, 0.05) is 12.2 Å². The zero-order valence-electron chi connectivity index (χ0n) is 14.2. The number of nitrogens with zero attached hydrogens (tertiary/aromatic N) is 1. The highest BCUT2D eigenvalue weighted by atomic mass is 16.2. The van der Waals surface area contributed by atoms with Gasteiger partial charge in [-0.3, -0.25) is 9.69 Å². The van der Waals surface area contributed by atoms with Gasteiger partial charge in [0.1, 0.15) is 0 Å². The van der Waals surface area contributed by atoms with E-state index in [2.05, 4.69) is 65.7 Å². The Bertz CT molecular complexity index is 746. The Morgan fingerprint density at radius 2 is 1.79 bits per heavy atom. The van der Waals surface area contributed by atoms with E-state index in [4.69, 9.17) is 0 Å². The van der Waals surface area contributed by atoms with Gasteiger partial charge < -0.3 is 5.32 Å². The molecule has 1 saturated heterocycles. The molecular weight excluding hydrogens is 296 g/mol. The van der Waals surface area contributed by atoms with Gasteiger partial charge in [-0.25, -0.2) is 0 Å². The molecule has 0 bridgehead atoms. The molecule has 0 atom stereocenters. The molecule has 3 nitrogen and oxygen atoms in total. The van der Waals surface area contributed by atoms with Crippen molar-refractivity contribution < 1.29 is 4.79 Å². The van der Waals surface area contributed by atoms with Gasteiger partial charge in [0.2, 0.25) is 5.91 Å². The third-order valence-electron chi connectivity index (χ3n) is 5.65. The van der Waals surface area contributed by atoms with Gasteiger partial charge in [-0.1, -0.05) is 49.4 Å². The van der Waals surface area contributed by atoms with Gasteiger partial charge >= 0.3 is 0 Å². The Kier molecular flexibility index (Phi) is 3.89. The molecule has 0 aliphatic carbocycles. The van der Waals surface area contributed by atoms with E-state index >= 15 is 0 Å². The summed E-state index contributed by atoms with van der Waals surface area (Å²) >= 11 is 0. The van der Waals surface area contributed by atoms with Crippen molar-refractivity contribution in [2.24, 2.45) is 0 Å². The Morgan fingerprint density at radius 1 is 1.04 bits per heavy atom. The fraction of sp³-hybridized carbons (Fsp3) is 0.381. The number of piperidine rings is 1. The number of likely N-dealkylation sites (tertiary alicyclic amines) is 1. The number of hydrogen-bond donors (Lipinski definition) is 1. The van der Waals surface area contributed by atoms with Crippen LogP contribution in [0.15, 0.2) is 48.5 Å². The Balaban J connectivity index is 1.53. The Hall–Kier alpha value is -2.13. The van der Waals surface area contributed by atoms with Crippen molar-refractivity contribution in [3.63, 3.8) is 0 Å². The molecule has 2 aromatic carbocycles. The fourth-order valence-electron chi connectivity index (χ4n) is 4.11. The van der Waals surface area contributed by atoms with Crippen molar-refractivity contribution in [1.82, 2.24) is 4.90 Å². The van der Waals surface area contributed by atoms with Gasteiger partial charge in [0.15, 0.2) is 0 Å². The van der Waals surface area contributed by atoms with Gasteiger partial charge in [-0.15, -0.1) is 0 Å². The predicted octanol–water partition coefficient (Wildman–Crippen LogP) is 3.73. The molecule has 3 heteroatoms. The summed E-state index contributed by atoms with van der Waals surface area (Å²) in [5.41, 5.74) is 4.60. The summed E-state index contributed by atoms with van der Waals surface area (Å²) in [5, 5.41) is 3.12. The van der Waals surface area contributed by atoms with Gasteiger partial charge in [-0.2, -0.15) is 0 Å². The maximum Gasteiger partial charge on any atom is 0.235 e. The SMILES string of the molecule is CCc1ccc2c(c1)C1(CCN(Cc3ccccc3)CC1)C(=O)N2. The molecule has 1 N–H and O–H groups in total. The smallest absolute Gasteiger partial charge is 0.235 e. The van der Waals surface area contributed by atoms with Crippen LogP contribution >= 0.6 is 0 Å². The average Bonchev–Trinajstić information content (AvgIpc) is 2.89. The Labute approximate surface area is 143 Å². The van der Waals surface area contributed by atoms with E-state index in [9.17, 15) is 4.79 Å². The molecule has 0 saturated carbocycles. The lowest BCUT2D eigenvalue weighted by Crippen LogP contribution is -2.46. The third kappa shape index (κ3) is 2.53. The summed E-state index contributed by atoms with van der Waals surface area (Å²) in [5.74, 6) is 0.199. The van der Waals surface area contributed by atoms with E-state index in [0.29, 0.717) is 0 Å². The lowest BCUT2D eigenvalue weighted by Gasteiger charge is -2.38. The van der Waals surface area contributed by atoms with E-state index in [1.807, 2.05) is 0 Å². The molecule has 2 aromatic rings. The number of carbonyl (C=O) groups is 1. The molecule has 2 heterocycles. The summed E-state index contributed by atoms with van der Waals surface area (Å²) in [6, 6.07) is 17.0. The first-order chi connectivity index (χ1) is 11.7. The summed E-state index contributed by atoms with van der Waals surface area (Å²) in [6.45, 7) is 5.08. The molecular formula is C21H24N2O. The van der Waals surface area contributed by atoms with Crippen LogP contribution in [0.3, 0.4) is 0 Å². The standard InChI is InChI=1S/C21H24N2O/c1-2-16-8-9-19-18(14-16)21(20(24)22-19)10-12-23(13-11-21)15-17-6-4-3-5-7-17/h3-9,14H,2,10-13,15H2,1H3,(H,22,24). The molecule has 1 fully saturated rings. The van der Waals surface area contributed by atoms with Crippen LogP contribution in [-0.2, 0) is 23.2 Å². The lowest BCUT2D eigenvalue weighted by molar-refractivity contribution is -0.122. The largest absolute Gasteiger partial charge is 0.325 e. The van der Waals surface area contributed by atoms with Crippen LogP contribution < -0.4 is 5.32 Å². The number of anilines is 1. The van der Waals surface area contributed by atoms with Crippen molar-refractivity contribution in [3.8, 4) is 0 Å². The van der Waals surface area contributed by atoms with Crippen LogP contribution in [0.25, 0.3) is 0 Å². The van der Waals surface area contributed by atoms with Gasteiger partial charge in [0.05, 0.1) is 5.41 Å². The minimum absolute atomic E-state index is 0.199. The topological polar surface area (TPSA) is 32.3 Å². The van der Waals surface area contributed by atoms with Crippen LogP contribution in [-0.4, -0.2) is 23.9 Å². The molecule has 1 amide bonds. The zero-order chi connectivity index (χ0) is 16.6. The highest BCUT2D eigenvalue weighted by molar-refractivity contribution is 6.06. The zero-order valence-corrected chi connectivity index (χ0v) is 14.2. The first-order valence-electron chi connectivity index (χ1n) is 8.92. The van der Waals surface area contributed by atoms with Gasteiger partial charge in [0.25, 0.3) is 0 Å². The minimum Gasteiger partial charge on any atom is -0.325 e. The molecule has 24 heavy (non-hydrogen) atoms. The number of nitrogens with one attached hydrogen (secondary N) is 1. The molecule has 0 unspecified atom stereocenters. The summed E-state index contributed by atoms with van der Waals surface area (Å²) in [4.78, 5) is 15.2. The van der Waals surface area contributed by atoms with Crippen LogP contribution in [0.4, 0.5) is 5.69 Å². The minimum atomic E-state index is -0.312. The van der Waals surface area contributed by atoms with E-state index in [-0.39, 0.29) is 11.3 Å². The Morgan fingerprint density at radius 3 is 2.50 bits per heavy atom. The molecule has 0 aromatic heterocycles. The van der Waals surface area contributed by atoms with Crippen LogP contribution in [0, 0.1) is 0 Å². The van der Waals surface area contributed by atoms with E-state index in [0.717, 1.165) is 44.6 Å². The summed E-state index contributed by atoms with van der Waals surface area (Å²) in [6.07, 6.45) is 2.83. The second-order valence-electron chi connectivity index (χ2n) is 7.03. The summed E-state index contributed by atoms with van der Waals surface area (Å²) in [7, 11) is 0. The second kappa shape index (κ2) is 6.06. The second-order valence-corrected chi connectivity index (χ2v) is 7.03. The van der Waals surface area contributed by atoms with Crippen LogP contribution in [0.1, 0.15) is 36.5 Å². The van der Waals surface area contributed by atoms with E-state index < -0.39 is 0 Å². The highest BCUT2D eigenvalue weighted by Crippen LogP contribution is 2.45. The van der Waals surface area contributed by atoms with Crippen molar-refractivity contribution in [1.29, 1.82) is 0 Å². The van der Waals surface area contributed by atoms with Crippen molar-refractivity contribution in [2.75, 3.05) is 18.4 Å². The molecule has 2 aliphatic heterocycles. The molecule has 4 rings (SSSR count). The number of aryl methyl sites for hydroxylation is 1. The number of amides is 1. The number of carbonyl (C=O) groups excluding carboxylic acids is 1. The third-order valence-corrected chi connectivity index (χ3v) is 5.65. The van der Waals surface area contributed by atoms with Crippen molar-refractivity contribution in [3.05, 3.63) is 65.2 Å². The predicted molar refractivity (Wildman–Crippen MR) is 97.1 cm³/mol. The lowest BCUT2D eigenvalue weighted by atomic mass is 9.73. The maximum absolute atomic E-state index is 12.7. The summed E-state index contributed by atoms with van der Waals surface area (Å²) < 4.78 is 0. The van der Waals surface area contributed by atoms with E-state index in [1.54, 1.807) is 0 Å². The monoisotopic (exact) mass is 320 g/mol. The average molecular weight is 320 g/mol. The highest BCUT2D eigenvalue weighted by Gasteiger charge is 2.48. The number of benzene rings is 2. The van der Waals surface area contributed by atoms with Crippen molar-refractivity contribution in [2.45, 2.75) is 38.1 Å². The van der Waals surface area contributed by atoms with E-state index in [1.165, 1.54) is 16.7 Å². The number of fused-ring (bicyclic) bond motifs is 2. The van der Waals surface area contributed by atoms with Crippen molar-refractivity contribution >= 4 is 11.6 Å². The quantitative estimate of drug-likeness (QED) is 0.934. The first-order valence-corrected chi connectivity index (χ1v) is 8.92. The fourth-order valence-corrected chi connectivity index (χ4v) is 4.11. The van der Waals surface area contributed by atoms with Crippen LogP contribution in [0.5, 0.6) is 0 Å². The molecule has 0 radical (unpaired) electrons. The first kappa shape index (κ1) is 15.4.